The summed E-state index contributed by atoms with van der Waals surface area (Å²) < 4.78 is 27.2. The van der Waals surface area contributed by atoms with Crippen LogP contribution in [0.25, 0.3) is 0 Å². The van der Waals surface area contributed by atoms with Gasteiger partial charge in [-0.2, -0.15) is 0 Å². The van der Waals surface area contributed by atoms with Gasteiger partial charge in [0.05, 0.1) is 12.5 Å². The lowest BCUT2D eigenvalue weighted by Gasteiger charge is -2.41. The van der Waals surface area contributed by atoms with Crippen LogP contribution in [0.3, 0.4) is 0 Å². The lowest BCUT2D eigenvalue weighted by atomic mass is 9.71. The third-order valence-electron chi connectivity index (χ3n) is 5.67. The van der Waals surface area contributed by atoms with E-state index < -0.39 is 16.3 Å². The number of amides is 1. The Bertz CT molecular complexity index is 668. The van der Waals surface area contributed by atoms with Crippen LogP contribution in [0.15, 0.2) is 29.2 Å². The highest BCUT2D eigenvalue weighted by Crippen LogP contribution is 2.43. The molecular formula is C18H26N2O4S. The van der Waals surface area contributed by atoms with E-state index >= 15 is 0 Å². The fourth-order valence-corrected chi connectivity index (χ4v) is 5.47. The zero-order valence-corrected chi connectivity index (χ0v) is 15.4. The van der Waals surface area contributed by atoms with Crippen LogP contribution in [-0.2, 0) is 25.8 Å². The average molecular weight is 366 g/mol. The highest BCUT2D eigenvalue weighted by Gasteiger charge is 2.51. The molecule has 1 spiro atoms. The number of aryl methyl sites for hydroxylation is 1. The van der Waals surface area contributed by atoms with Crippen LogP contribution < -0.4 is 5.32 Å². The van der Waals surface area contributed by atoms with Gasteiger partial charge in [-0.15, -0.1) is 4.31 Å². The van der Waals surface area contributed by atoms with Gasteiger partial charge in [0.2, 0.25) is 5.91 Å². The van der Waals surface area contributed by atoms with Crippen molar-refractivity contribution in [3.8, 4) is 0 Å². The first-order valence-electron chi connectivity index (χ1n) is 8.90. The Morgan fingerprint density at radius 3 is 2.52 bits per heavy atom. The summed E-state index contributed by atoms with van der Waals surface area (Å²) in [6, 6.07) is 7.12. The summed E-state index contributed by atoms with van der Waals surface area (Å²) in [5.74, 6) is -0.545. The van der Waals surface area contributed by atoms with Gasteiger partial charge >= 0.3 is 0 Å². The molecule has 6 nitrogen and oxygen atoms in total. The van der Waals surface area contributed by atoms with Crippen molar-refractivity contribution >= 4 is 16.3 Å². The molecule has 0 aliphatic carbocycles. The van der Waals surface area contributed by atoms with Crippen molar-refractivity contribution in [3.05, 3.63) is 29.8 Å². The van der Waals surface area contributed by atoms with Crippen LogP contribution in [0.2, 0.25) is 0 Å². The quantitative estimate of drug-likeness (QED) is 0.770. The second-order valence-corrected chi connectivity index (χ2v) is 9.05. The van der Waals surface area contributed by atoms with Crippen molar-refractivity contribution in [1.82, 2.24) is 9.62 Å². The normalized spacial score (nSPS) is 25.7. The molecule has 0 bridgehead atoms. The van der Waals surface area contributed by atoms with E-state index in [9.17, 15) is 18.7 Å². The Labute approximate surface area is 150 Å². The molecule has 25 heavy (non-hydrogen) atoms. The molecule has 138 valence electrons. The Kier molecular flexibility index (Phi) is 5.29. The number of hydrogen-bond donors (Lipinski definition) is 2. The van der Waals surface area contributed by atoms with Gasteiger partial charge in [0.25, 0.3) is 0 Å². The lowest BCUT2D eigenvalue weighted by molar-refractivity contribution is -0.125. The topological polar surface area (TPSA) is 92.7 Å². The minimum Gasteiger partial charge on any atom is -0.593 e. The summed E-state index contributed by atoms with van der Waals surface area (Å²) >= 11 is 0. The van der Waals surface area contributed by atoms with Crippen LogP contribution in [0.1, 0.15) is 31.7 Å². The zero-order valence-electron chi connectivity index (χ0n) is 14.6. The van der Waals surface area contributed by atoms with Crippen molar-refractivity contribution in [3.63, 3.8) is 0 Å². The Morgan fingerprint density at radius 1 is 1.32 bits per heavy atom. The molecule has 1 aromatic rings. The average Bonchev–Trinajstić information content (AvgIpc) is 2.91. The number of nitrogens with one attached hydrogen (secondary N) is 1. The summed E-state index contributed by atoms with van der Waals surface area (Å²) in [6.07, 6.45) is 3.14. The molecule has 2 fully saturated rings. The molecule has 2 aliphatic rings. The molecule has 2 saturated heterocycles. The van der Waals surface area contributed by atoms with Crippen molar-refractivity contribution in [1.29, 1.82) is 0 Å². The van der Waals surface area contributed by atoms with E-state index in [-0.39, 0.29) is 17.9 Å². The van der Waals surface area contributed by atoms with Gasteiger partial charge in [-0.05, 0) is 37.0 Å². The van der Waals surface area contributed by atoms with E-state index in [1.807, 2.05) is 12.1 Å². The molecule has 0 aromatic heterocycles. The molecule has 2 unspecified atom stereocenters. The molecule has 2 aliphatic heterocycles. The van der Waals surface area contributed by atoms with Crippen LogP contribution in [-0.4, -0.2) is 46.1 Å². The first kappa shape index (κ1) is 18.5. The van der Waals surface area contributed by atoms with Crippen LogP contribution >= 0.6 is 0 Å². The molecule has 2 N–H and O–H groups in total. The number of sulfonamides is 1. The lowest BCUT2D eigenvalue weighted by Crippen LogP contribution is -2.49. The Hall–Kier alpha value is -1.28. The smallest absolute Gasteiger partial charge is 0.226 e. The number of carbonyl (C=O) groups is 1. The maximum Gasteiger partial charge on any atom is 0.226 e. The first-order valence-corrected chi connectivity index (χ1v) is 10.3. The number of benzene rings is 1. The molecule has 1 amide bonds. The standard InChI is InChI=1S/C18H26N2O4S/c1-2-3-14-4-6-15(7-5-14)25(23,24)20-10-8-18(9-11-20)13-19-17(22)16(18)12-21/h4-7,16,21H,2-3,8-13H2,1H3,(H-,19,22,23,24). The van der Waals surface area contributed by atoms with Crippen molar-refractivity contribution in [2.75, 3.05) is 26.2 Å². The van der Waals surface area contributed by atoms with Gasteiger partial charge < -0.3 is 15.0 Å². The maximum atomic E-state index is 12.9. The van der Waals surface area contributed by atoms with Gasteiger partial charge in [0.1, 0.15) is 0 Å². The van der Waals surface area contributed by atoms with Crippen LogP contribution in [0.4, 0.5) is 0 Å². The number of rotatable bonds is 5. The first-order chi connectivity index (χ1) is 11.9. The monoisotopic (exact) mass is 366 g/mol. The molecular weight excluding hydrogens is 340 g/mol. The zero-order chi connectivity index (χ0) is 18.1. The molecule has 0 radical (unpaired) electrons. The van der Waals surface area contributed by atoms with Gasteiger partial charge in [0.15, 0.2) is 15.3 Å². The Morgan fingerprint density at radius 2 is 1.96 bits per heavy atom. The predicted octanol–water partition coefficient (Wildman–Crippen LogP) is 1.36. The van der Waals surface area contributed by atoms with E-state index in [1.165, 1.54) is 4.31 Å². The van der Waals surface area contributed by atoms with Gasteiger partial charge in [0, 0.05) is 25.0 Å². The number of piperidine rings is 1. The van der Waals surface area contributed by atoms with Crippen molar-refractivity contribution in [2.45, 2.75) is 37.5 Å². The second kappa shape index (κ2) is 7.15. The maximum absolute atomic E-state index is 12.9. The third kappa shape index (κ3) is 3.38. The molecule has 3 rings (SSSR count). The highest BCUT2D eigenvalue weighted by atomic mass is 32.3. The minimum absolute atomic E-state index is 0.120. The molecule has 2 atom stereocenters. The largest absolute Gasteiger partial charge is 0.593 e. The summed E-state index contributed by atoms with van der Waals surface area (Å²) in [5.41, 5.74) is 0.823. The summed E-state index contributed by atoms with van der Waals surface area (Å²) in [6.45, 7) is 3.19. The molecule has 1 aromatic carbocycles. The van der Waals surface area contributed by atoms with Gasteiger partial charge in [-0.1, -0.05) is 29.7 Å². The second-order valence-electron chi connectivity index (χ2n) is 7.11. The number of carbonyl (C=O) groups excluding carboxylic acids is 1. The molecule has 0 saturated carbocycles. The van der Waals surface area contributed by atoms with E-state index in [4.69, 9.17) is 0 Å². The summed E-state index contributed by atoms with van der Waals surface area (Å²) in [7, 11) is -3.51. The van der Waals surface area contributed by atoms with Crippen molar-refractivity contribution < 1.29 is 18.7 Å². The third-order valence-corrected chi connectivity index (χ3v) is 7.58. The SMILES string of the molecule is CCCc1ccc([S+](=O)([O-])N2CCC3(CC2)CNC(=O)C3CO)cc1. The van der Waals surface area contributed by atoms with Gasteiger partial charge in [-0.3, -0.25) is 4.79 Å². The highest BCUT2D eigenvalue weighted by molar-refractivity contribution is 7.95. The molecule has 2 heterocycles. The molecule has 7 heteroatoms. The van der Waals surface area contributed by atoms with Crippen molar-refractivity contribution in [2.24, 2.45) is 11.3 Å². The number of aliphatic hydroxyl groups is 1. The van der Waals surface area contributed by atoms with Crippen LogP contribution in [0, 0.1) is 11.3 Å². The number of nitrogens with zero attached hydrogens (tertiary/aromatic N) is 1. The number of aliphatic hydroxyl groups excluding tert-OH is 1. The summed E-state index contributed by atoms with van der Waals surface area (Å²) in [4.78, 5) is 12.2. The van der Waals surface area contributed by atoms with Gasteiger partial charge in [-0.25, -0.2) is 0 Å². The summed E-state index contributed by atoms with van der Waals surface area (Å²) in [5, 5.41) is 12.4. The predicted molar refractivity (Wildman–Crippen MR) is 94.4 cm³/mol. The fraction of sp³-hybridized carbons (Fsp3) is 0.611. The number of hydrogen-bond acceptors (Lipinski definition) is 4. The van der Waals surface area contributed by atoms with E-state index in [0.29, 0.717) is 37.4 Å². The van der Waals surface area contributed by atoms with E-state index in [1.54, 1.807) is 12.1 Å². The fourth-order valence-electron chi connectivity index (χ4n) is 4.03. The van der Waals surface area contributed by atoms with E-state index in [0.717, 1.165) is 18.4 Å². The minimum atomic E-state index is -3.51. The Balaban J connectivity index is 1.71. The van der Waals surface area contributed by atoms with E-state index in [2.05, 4.69) is 12.2 Å². The van der Waals surface area contributed by atoms with Crippen LogP contribution in [0.5, 0.6) is 0 Å².